The van der Waals surface area contributed by atoms with Gasteiger partial charge in [0.25, 0.3) is 5.91 Å². The average molecular weight is 289 g/mol. The fraction of sp³-hybridized carbons (Fsp3) is 0.375. The summed E-state index contributed by atoms with van der Waals surface area (Å²) >= 11 is 0. The van der Waals surface area contributed by atoms with Crippen molar-refractivity contribution < 1.29 is 19.1 Å². The van der Waals surface area contributed by atoms with Crippen molar-refractivity contribution in [1.82, 2.24) is 5.32 Å². The van der Waals surface area contributed by atoms with Crippen LogP contribution in [-0.4, -0.2) is 31.6 Å². The molecular formula is C16H19NO4. The van der Waals surface area contributed by atoms with Gasteiger partial charge in [-0.3, -0.25) is 4.79 Å². The molecule has 0 unspecified atom stereocenters. The Labute approximate surface area is 124 Å². The lowest BCUT2D eigenvalue weighted by molar-refractivity contribution is -0.123. The first-order valence-electron chi connectivity index (χ1n) is 6.63. The molecule has 0 atom stereocenters. The SMILES string of the molecule is C#CCNC(=O)COC(=O)c1cccc(OCC(C)C)c1. The van der Waals surface area contributed by atoms with E-state index in [9.17, 15) is 9.59 Å². The molecule has 1 aromatic rings. The van der Waals surface area contributed by atoms with E-state index >= 15 is 0 Å². The molecule has 0 bridgehead atoms. The van der Waals surface area contributed by atoms with E-state index in [1.54, 1.807) is 24.3 Å². The summed E-state index contributed by atoms with van der Waals surface area (Å²) in [6.45, 7) is 4.37. The molecule has 0 radical (unpaired) electrons. The highest BCUT2D eigenvalue weighted by molar-refractivity contribution is 5.91. The normalized spacial score (nSPS) is 9.81. The molecule has 1 aromatic carbocycles. The van der Waals surface area contributed by atoms with Gasteiger partial charge >= 0.3 is 5.97 Å². The monoisotopic (exact) mass is 289 g/mol. The minimum atomic E-state index is -0.583. The molecule has 0 aliphatic carbocycles. The van der Waals surface area contributed by atoms with Gasteiger partial charge in [0.05, 0.1) is 18.7 Å². The van der Waals surface area contributed by atoms with Crippen molar-refractivity contribution in [1.29, 1.82) is 0 Å². The molecule has 0 fully saturated rings. The van der Waals surface area contributed by atoms with Crippen LogP contribution in [0.2, 0.25) is 0 Å². The highest BCUT2D eigenvalue weighted by atomic mass is 16.5. The summed E-state index contributed by atoms with van der Waals surface area (Å²) in [6.07, 6.45) is 5.00. The van der Waals surface area contributed by atoms with Crippen LogP contribution in [0, 0.1) is 18.3 Å². The number of hydrogen-bond donors (Lipinski definition) is 1. The van der Waals surface area contributed by atoms with Crippen molar-refractivity contribution >= 4 is 11.9 Å². The summed E-state index contributed by atoms with van der Waals surface area (Å²) in [4.78, 5) is 23.1. The maximum absolute atomic E-state index is 11.8. The minimum Gasteiger partial charge on any atom is -0.493 e. The zero-order valence-electron chi connectivity index (χ0n) is 12.2. The molecule has 0 saturated heterocycles. The number of rotatable bonds is 7. The molecule has 0 aliphatic heterocycles. The Morgan fingerprint density at radius 2 is 2.14 bits per heavy atom. The summed E-state index contributed by atoms with van der Waals surface area (Å²) in [5.74, 6) is 2.22. The minimum absolute atomic E-state index is 0.106. The Hall–Kier alpha value is -2.48. The van der Waals surface area contributed by atoms with Gasteiger partial charge in [0, 0.05) is 0 Å². The molecule has 1 N–H and O–H groups in total. The van der Waals surface area contributed by atoms with Crippen molar-refractivity contribution in [2.75, 3.05) is 19.8 Å². The van der Waals surface area contributed by atoms with E-state index in [2.05, 4.69) is 11.2 Å². The molecule has 112 valence electrons. The van der Waals surface area contributed by atoms with Crippen LogP contribution in [0.3, 0.4) is 0 Å². The first-order valence-corrected chi connectivity index (χ1v) is 6.63. The van der Waals surface area contributed by atoms with Crippen LogP contribution in [0.25, 0.3) is 0 Å². The van der Waals surface area contributed by atoms with E-state index in [4.69, 9.17) is 15.9 Å². The molecule has 0 aliphatic rings. The molecule has 5 nitrogen and oxygen atoms in total. The summed E-state index contributed by atoms with van der Waals surface area (Å²) in [5, 5.41) is 2.41. The van der Waals surface area contributed by atoms with Gasteiger partial charge in [-0.15, -0.1) is 6.42 Å². The van der Waals surface area contributed by atoms with E-state index in [1.165, 1.54) is 0 Å². The summed E-state index contributed by atoms with van der Waals surface area (Å²) < 4.78 is 10.4. The first kappa shape index (κ1) is 16.6. The summed E-state index contributed by atoms with van der Waals surface area (Å²) in [6, 6.07) is 6.65. The van der Waals surface area contributed by atoms with E-state index in [1.807, 2.05) is 13.8 Å². The maximum Gasteiger partial charge on any atom is 0.338 e. The largest absolute Gasteiger partial charge is 0.493 e. The van der Waals surface area contributed by atoms with Gasteiger partial charge in [0.2, 0.25) is 0 Å². The van der Waals surface area contributed by atoms with Crippen LogP contribution in [0.15, 0.2) is 24.3 Å². The number of nitrogens with one attached hydrogen (secondary N) is 1. The van der Waals surface area contributed by atoms with E-state index in [0.717, 1.165) is 0 Å². The average Bonchev–Trinajstić information content (AvgIpc) is 2.48. The predicted molar refractivity (Wildman–Crippen MR) is 78.9 cm³/mol. The van der Waals surface area contributed by atoms with Gasteiger partial charge in [-0.1, -0.05) is 25.8 Å². The molecule has 1 amide bonds. The van der Waals surface area contributed by atoms with Crippen molar-refractivity contribution in [3.63, 3.8) is 0 Å². The van der Waals surface area contributed by atoms with E-state index in [-0.39, 0.29) is 13.2 Å². The van der Waals surface area contributed by atoms with Crippen molar-refractivity contribution in [2.45, 2.75) is 13.8 Å². The molecule has 0 aromatic heterocycles. The van der Waals surface area contributed by atoms with Crippen LogP contribution < -0.4 is 10.1 Å². The lowest BCUT2D eigenvalue weighted by atomic mass is 10.2. The third-order valence-corrected chi connectivity index (χ3v) is 2.38. The van der Waals surface area contributed by atoms with Gasteiger partial charge in [0.1, 0.15) is 5.75 Å². The molecule has 0 heterocycles. The highest BCUT2D eigenvalue weighted by Crippen LogP contribution is 2.15. The fourth-order valence-electron chi connectivity index (χ4n) is 1.39. The second-order valence-corrected chi connectivity index (χ2v) is 4.79. The Bertz CT molecular complexity index is 531. The van der Waals surface area contributed by atoms with Crippen LogP contribution in [-0.2, 0) is 9.53 Å². The van der Waals surface area contributed by atoms with Crippen LogP contribution in [0.5, 0.6) is 5.75 Å². The number of terminal acetylenes is 1. The Morgan fingerprint density at radius 1 is 1.38 bits per heavy atom. The molecule has 0 spiro atoms. The summed E-state index contributed by atoms with van der Waals surface area (Å²) in [7, 11) is 0. The van der Waals surface area contributed by atoms with Gasteiger partial charge in [0.15, 0.2) is 6.61 Å². The maximum atomic E-state index is 11.8. The Kier molecular flexibility index (Phi) is 6.82. The standard InChI is InChI=1S/C16H19NO4/c1-4-8-17-15(18)11-21-16(19)13-6-5-7-14(9-13)20-10-12(2)3/h1,5-7,9,12H,8,10-11H2,2-3H3,(H,17,18). The molecule has 21 heavy (non-hydrogen) atoms. The van der Waals surface area contributed by atoms with Crippen molar-refractivity contribution in [3.05, 3.63) is 29.8 Å². The third-order valence-electron chi connectivity index (χ3n) is 2.38. The van der Waals surface area contributed by atoms with Gasteiger partial charge in [-0.25, -0.2) is 4.79 Å². The molecule has 5 heteroatoms. The van der Waals surface area contributed by atoms with Crippen LogP contribution in [0.1, 0.15) is 24.2 Å². The number of hydrogen-bond acceptors (Lipinski definition) is 4. The molecular weight excluding hydrogens is 270 g/mol. The second-order valence-electron chi connectivity index (χ2n) is 4.79. The van der Waals surface area contributed by atoms with Crippen LogP contribution >= 0.6 is 0 Å². The second kappa shape index (κ2) is 8.64. The zero-order valence-corrected chi connectivity index (χ0v) is 12.2. The number of carbonyl (C=O) groups is 2. The Balaban J connectivity index is 2.52. The lowest BCUT2D eigenvalue weighted by Gasteiger charge is -2.10. The van der Waals surface area contributed by atoms with E-state index < -0.39 is 11.9 Å². The zero-order chi connectivity index (χ0) is 15.7. The number of ether oxygens (including phenoxy) is 2. The predicted octanol–water partition coefficient (Wildman–Crippen LogP) is 1.63. The number of carbonyl (C=O) groups excluding carboxylic acids is 2. The fourth-order valence-corrected chi connectivity index (χ4v) is 1.39. The Morgan fingerprint density at radius 3 is 2.81 bits per heavy atom. The summed E-state index contributed by atoms with van der Waals surface area (Å²) in [5.41, 5.74) is 0.334. The van der Waals surface area contributed by atoms with Crippen molar-refractivity contribution in [3.8, 4) is 18.1 Å². The smallest absolute Gasteiger partial charge is 0.338 e. The lowest BCUT2D eigenvalue weighted by Crippen LogP contribution is -2.29. The first-order chi connectivity index (χ1) is 10.0. The van der Waals surface area contributed by atoms with Crippen LogP contribution in [0.4, 0.5) is 0 Å². The third kappa shape index (κ3) is 6.48. The van der Waals surface area contributed by atoms with E-state index in [0.29, 0.717) is 23.8 Å². The quantitative estimate of drug-likeness (QED) is 0.612. The topological polar surface area (TPSA) is 64.6 Å². The molecule has 1 rings (SSSR count). The number of amides is 1. The highest BCUT2D eigenvalue weighted by Gasteiger charge is 2.11. The van der Waals surface area contributed by atoms with Crippen molar-refractivity contribution in [2.24, 2.45) is 5.92 Å². The number of esters is 1. The van der Waals surface area contributed by atoms with Gasteiger partial charge < -0.3 is 14.8 Å². The molecule has 0 saturated carbocycles. The number of benzene rings is 1. The van der Waals surface area contributed by atoms with Gasteiger partial charge in [-0.05, 0) is 24.1 Å². The van der Waals surface area contributed by atoms with Gasteiger partial charge in [-0.2, -0.15) is 0 Å².